The standard InChI is InChI=1S/C41H48N4O6/c1-9-25-21(4)28-17-30-23(6)27(11-12-34(47)51-16-14-20(3)13-15-46)38(44-30)36-37(41(49)50-8)40(48)35-24(7)31(45-39(35)36)19-33-26(10-2)22(5)29(43-33)18-32(25)42-28/h9,14,17-19,23,27,37,42-46H,1,10-13,15-16H2,2-8H3/b20-14+,29-18-,30-17-,33-19-,38-36-/t23-,27-,37+/m0/s1. The van der Waals surface area contributed by atoms with Gasteiger partial charge in [-0.1, -0.05) is 32.1 Å². The third kappa shape index (κ3) is 6.26. The number of fused-ring (bicyclic) bond motifs is 7. The van der Waals surface area contributed by atoms with Gasteiger partial charge in [-0.25, -0.2) is 0 Å². The average molecular weight is 693 g/mol. The smallest absolute Gasteiger partial charge is 0.321 e. The molecule has 0 radical (unpaired) electrons. The molecule has 0 spiro atoms. The highest BCUT2D eigenvalue weighted by Crippen LogP contribution is 2.48. The lowest BCUT2D eigenvalue weighted by Gasteiger charge is -2.19. The van der Waals surface area contributed by atoms with Crippen molar-refractivity contribution in [3.63, 3.8) is 0 Å². The van der Waals surface area contributed by atoms with Crippen LogP contribution in [0.2, 0.25) is 0 Å². The van der Waals surface area contributed by atoms with E-state index in [9.17, 15) is 19.5 Å². The summed E-state index contributed by atoms with van der Waals surface area (Å²) in [6, 6.07) is 0. The van der Waals surface area contributed by atoms with Crippen LogP contribution in [0.15, 0.2) is 29.6 Å². The summed E-state index contributed by atoms with van der Waals surface area (Å²) in [4.78, 5) is 51.5. The lowest BCUT2D eigenvalue weighted by atomic mass is 9.85. The fraction of sp³-hybridized carbons (Fsp3) is 0.390. The number of esters is 2. The Kier molecular flexibility index (Phi) is 9.99. The van der Waals surface area contributed by atoms with Crippen molar-refractivity contribution in [1.29, 1.82) is 0 Å². The Balaban J connectivity index is 1.56. The number of aliphatic hydroxyl groups excluding tert-OH is 1. The molecule has 51 heavy (non-hydrogen) atoms. The SMILES string of the molecule is C=Cc1c2[nH]c(c1C)/C=C1\N/C(=C3\c4[nH]c(c(C)c4C(=O)[C@@H]3C(=O)OC)/C=c3\[nH]/c(c(C)c3CC)=C\2)[C@@H](CCC(=O)OC/C=C(\C)CCO)[C@@H]1C. The van der Waals surface area contributed by atoms with Gasteiger partial charge >= 0.3 is 11.9 Å². The third-order valence-electron chi connectivity index (χ3n) is 10.9. The van der Waals surface area contributed by atoms with Crippen molar-refractivity contribution in [2.45, 2.75) is 67.2 Å². The highest BCUT2D eigenvalue weighted by Gasteiger charge is 2.48. The Hall–Kier alpha value is -5.09. The van der Waals surface area contributed by atoms with Crippen LogP contribution in [0.3, 0.4) is 0 Å². The number of hydrogen-bond acceptors (Lipinski definition) is 7. The Labute approximate surface area is 298 Å². The largest absolute Gasteiger partial charge is 0.468 e. The average Bonchev–Trinajstić information content (AvgIpc) is 3.84. The Bertz CT molecular complexity index is 2170. The molecule has 10 heteroatoms. The molecule has 0 unspecified atom stereocenters. The molecule has 1 saturated heterocycles. The zero-order chi connectivity index (χ0) is 36.7. The maximum absolute atomic E-state index is 14.2. The molecule has 3 aromatic heterocycles. The molecule has 5 heterocycles. The molecule has 5 N–H and O–H groups in total. The van der Waals surface area contributed by atoms with Crippen molar-refractivity contribution in [3.8, 4) is 0 Å². The topological polar surface area (TPSA) is 149 Å². The van der Waals surface area contributed by atoms with Crippen LogP contribution in [0.4, 0.5) is 0 Å². The van der Waals surface area contributed by atoms with E-state index in [1.165, 1.54) is 12.7 Å². The first kappa shape index (κ1) is 35.7. The second kappa shape index (κ2) is 14.3. The molecule has 3 aromatic rings. The summed E-state index contributed by atoms with van der Waals surface area (Å²) in [5.41, 5.74) is 11.9. The normalized spacial score (nSPS) is 23.1. The second-order valence-corrected chi connectivity index (χ2v) is 13.8. The van der Waals surface area contributed by atoms with Gasteiger partial charge in [0.15, 0.2) is 5.78 Å². The van der Waals surface area contributed by atoms with Gasteiger partial charge in [0.25, 0.3) is 0 Å². The van der Waals surface area contributed by atoms with Crippen LogP contribution < -0.4 is 16.0 Å². The Morgan fingerprint density at radius 3 is 2.39 bits per heavy atom. The molecule has 0 saturated carbocycles. The van der Waals surface area contributed by atoms with E-state index in [0.717, 1.165) is 73.4 Å². The lowest BCUT2D eigenvalue weighted by Crippen LogP contribution is -2.25. The van der Waals surface area contributed by atoms with E-state index in [4.69, 9.17) is 9.47 Å². The quantitative estimate of drug-likeness (QED) is 0.114. The molecule has 2 aliphatic heterocycles. The maximum atomic E-state index is 14.2. The van der Waals surface area contributed by atoms with Crippen LogP contribution in [0, 0.1) is 38.5 Å². The highest BCUT2D eigenvalue weighted by atomic mass is 16.5. The minimum atomic E-state index is -1.16. The molecule has 6 rings (SSSR count). The molecule has 3 atom stereocenters. The number of Topliss-reactive ketones (excluding diaryl/α,β-unsaturated/α-hetero) is 1. The summed E-state index contributed by atoms with van der Waals surface area (Å²) >= 11 is 0. The highest BCUT2D eigenvalue weighted by molar-refractivity contribution is 6.24. The number of hydrogen-bond donors (Lipinski definition) is 5. The predicted octanol–water partition coefficient (Wildman–Crippen LogP) is 5.02. The molecular weight excluding hydrogens is 644 g/mol. The van der Waals surface area contributed by atoms with E-state index in [1.807, 2.05) is 26.0 Å². The second-order valence-electron chi connectivity index (χ2n) is 13.8. The first-order valence-corrected chi connectivity index (χ1v) is 17.7. The molecule has 0 amide bonds. The molecular formula is C41H48N4O6. The van der Waals surface area contributed by atoms with E-state index in [-0.39, 0.29) is 43.2 Å². The van der Waals surface area contributed by atoms with Gasteiger partial charge in [-0.3, -0.25) is 14.4 Å². The molecule has 268 valence electrons. The first-order valence-electron chi connectivity index (χ1n) is 17.7. The third-order valence-corrected chi connectivity index (χ3v) is 10.9. The van der Waals surface area contributed by atoms with E-state index < -0.39 is 11.9 Å². The summed E-state index contributed by atoms with van der Waals surface area (Å²) in [5, 5.41) is 14.7. The lowest BCUT2D eigenvalue weighted by molar-refractivity contribution is -0.143. The van der Waals surface area contributed by atoms with Gasteiger partial charge in [-0.2, -0.15) is 0 Å². The maximum Gasteiger partial charge on any atom is 0.321 e. The van der Waals surface area contributed by atoms with Gasteiger partial charge in [-0.15, -0.1) is 0 Å². The summed E-state index contributed by atoms with van der Waals surface area (Å²) < 4.78 is 10.8. The molecule has 3 aliphatic rings. The predicted molar refractivity (Wildman–Crippen MR) is 199 cm³/mol. The van der Waals surface area contributed by atoms with Crippen LogP contribution in [-0.4, -0.2) is 58.1 Å². The van der Waals surface area contributed by atoms with Gasteiger partial charge in [0.2, 0.25) is 0 Å². The van der Waals surface area contributed by atoms with Gasteiger partial charge < -0.3 is 34.8 Å². The van der Waals surface area contributed by atoms with Crippen molar-refractivity contribution in [2.75, 3.05) is 20.3 Å². The van der Waals surface area contributed by atoms with Crippen LogP contribution in [0.1, 0.15) is 101 Å². The van der Waals surface area contributed by atoms with Crippen LogP contribution in [0.25, 0.3) is 29.9 Å². The number of ether oxygens (including phenoxy) is 2. The molecule has 0 aromatic carbocycles. The fourth-order valence-electron chi connectivity index (χ4n) is 7.90. The number of aliphatic hydroxyl groups is 1. The van der Waals surface area contributed by atoms with E-state index >= 15 is 0 Å². The monoisotopic (exact) mass is 692 g/mol. The zero-order valence-electron chi connectivity index (χ0n) is 30.6. The fourth-order valence-corrected chi connectivity index (χ4v) is 7.90. The number of rotatable bonds is 10. The zero-order valence-corrected chi connectivity index (χ0v) is 30.6. The van der Waals surface area contributed by atoms with Gasteiger partial charge in [-0.05, 0) is 93.5 Å². The summed E-state index contributed by atoms with van der Waals surface area (Å²) in [6.45, 7) is 16.5. The summed E-state index contributed by atoms with van der Waals surface area (Å²) in [6.07, 6.45) is 11.8. The first-order chi connectivity index (χ1) is 24.4. The van der Waals surface area contributed by atoms with Crippen LogP contribution in [0.5, 0.6) is 0 Å². The van der Waals surface area contributed by atoms with Crippen molar-refractivity contribution >= 4 is 47.6 Å². The Morgan fingerprint density at radius 2 is 1.71 bits per heavy atom. The number of allylic oxidation sites excluding steroid dienone is 2. The minimum Gasteiger partial charge on any atom is -0.468 e. The number of methoxy groups -OCH3 is 1. The minimum absolute atomic E-state index is 0.0373. The van der Waals surface area contributed by atoms with Gasteiger partial charge in [0.05, 0.1) is 12.8 Å². The van der Waals surface area contributed by atoms with Crippen molar-refractivity contribution in [1.82, 2.24) is 20.3 Å². The van der Waals surface area contributed by atoms with E-state index in [1.54, 1.807) is 6.08 Å². The number of carbonyl (C=O) groups is 3. The number of carbonyl (C=O) groups excluding carboxylic acids is 3. The summed E-state index contributed by atoms with van der Waals surface area (Å²) in [5.74, 6) is -2.80. The molecule has 1 fully saturated rings. The summed E-state index contributed by atoms with van der Waals surface area (Å²) in [7, 11) is 1.30. The van der Waals surface area contributed by atoms with Gasteiger partial charge in [0.1, 0.15) is 12.5 Å². The number of aromatic amines is 3. The molecule has 10 nitrogen and oxygen atoms in total. The number of H-pyrrole nitrogens is 3. The molecule has 8 bridgehead atoms. The van der Waals surface area contributed by atoms with Crippen molar-refractivity contribution < 1.29 is 29.0 Å². The van der Waals surface area contributed by atoms with Crippen molar-refractivity contribution in [2.24, 2.45) is 17.8 Å². The van der Waals surface area contributed by atoms with Crippen LogP contribution in [-0.2, 0) is 25.5 Å². The van der Waals surface area contributed by atoms with Crippen LogP contribution >= 0.6 is 0 Å². The number of aromatic nitrogens is 3. The molecule has 1 aliphatic carbocycles. The number of nitrogens with one attached hydrogen (secondary N) is 4. The van der Waals surface area contributed by atoms with E-state index in [0.29, 0.717) is 29.7 Å². The van der Waals surface area contributed by atoms with E-state index in [2.05, 4.69) is 66.7 Å². The van der Waals surface area contributed by atoms with Crippen molar-refractivity contribution in [3.05, 3.63) is 96.5 Å². The number of ketones is 1. The Morgan fingerprint density at radius 1 is 0.980 bits per heavy atom. The van der Waals surface area contributed by atoms with Gasteiger partial charge in [0, 0.05) is 80.7 Å².